The van der Waals surface area contributed by atoms with Gasteiger partial charge in [-0.25, -0.2) is 0 Å². The molecule has 22 heavy (non-hydrogen) atoms. The molecule has 0 unspecified atom stereocenters. The smallest absolute Gasteiger partial charge is 0.497 e. The first-order valence-electron chi connectivity index (χ1n) is 5.99. The third-order valence-electron chi connectivity index (χ3n) is 2.80. The molecule has 2 rings (SSSR count). The molecule has 0 saturated carbocycles. The molecule has 0 aromatic heterocycles. The van der Waals surface area contributed by atoms with Crippen molar-refractivity contribution in [1.82, 2.24) is 0 Å². The molecule has 2 aromatic carbocycles. The van der Waals surface area contributed by atoms with Crippen LogP contribution in [0, 0.1) is 10.1 Å². The fourth-order valence-electron chi connectivity index (χ4n) is 1.92. The Hall–Kier alpha value is -2.77. The standard InChI is InChI=1S/C14H10F3NO4/c1-21-9-6-7-12(18(19)20)11(8-9)10-4-2-3-5-13(10)22-14(15,16)17/h2-8H,1H3. The van der Waals surface area contributed by atoms with Crippen LogP contribution in [0.25, 0.3) is 11.1 Å². The third kappa shape index (κ3) is 3.46. The molecule has 0 bridgehead atoms. The summed E-state index contributed by atoms with van der Waals surface area (Å²) in [6.45, 7) is 0. The van der Waals surface area contributed by atoms with E-state index < -0.39 is 17.0 Å². The number of nitro groups is 1. The van der Waals surface area contributed by atoms with Gasteiger partial charge in [-0.15, -0.1) is 13.2 Å². The number of nitro benzene ring substituents is 1. The molecular formula is C14H10F3NO4. The number of alkyl halides is 3. The van der Waals surface area contributed by atoms with Gasteiger partial charge in [-0.3, -0.25) is 10.1 Å². The molecule has 0 saturated heterocycles. The molecule has 0 heterocycles. The lowest BCUT2D eigenvalue weighted by Gasteiger charge is -2.14. The molecule has 2 aromatic rings. The lowest BCUT2D eigenvalue weighted by molar-refractivity contribution is -0.384. The van der Waals surface area contributed by atoms with Crippen LogP contribution in [0.15, 0.2) is 42.5 Å². The van der Waals surface area contributed by atoms with Crippen LogP contribution >= 0.6 is 0 Å². The van der Waals surface area contributed by atoms with Crippen LogP contribution in [0.2, 0.25) is 0 Å². The zero-order chi connectivity index (χ0) is 16.3. The van der Waals surface area contributed by atoms with Gasteiger partial charge in [0.25, 0.3) is 5.69 Å². The summed E-state index contributed by atoms with van der Waals surface area (Å²) < 4.78 is 46.3. The highest BCUT2D eigenvalue weighted by atomic mass is 19.4. The predicted molar refractivity (Wildman–Crippen MR) is 71.8 cm³/mol. The summed E-state index contributed by atoms with van der Waals surface area (Å²) in [5, 5.41) is 11.1. The maximum Gasteiger partial charge on any atom is 0.573 e. The summed E-state index contributed by atoms with van der Waals surface area (Å²) in [5.41, 5.74) is -0.423. The van der Waals surface area contributed by atoms with E-state index in [1.807, 2.05) is 0 Å². The van der Waals surface area contributed by atoms with Gasteiger partial charge in [-0.05, 0) is 18.2 Å². The van der Waals surface area contributed by atoms with Gasteiger partial charge >= 0.3 is 6.36 Å². The number of halogens is 3. The van der Waals surface area contributed by atoms with Crippen LogP contribution in [0.1, 0.15) is 0 Å². The Kier molecular flexibility index (Phi) is 4.20. The Morgan fingerprint density at radius 3 is 2.36 bits per heavy atom. The lowest BCUT2D eigenvalue weighted by atomic mass is 10.0. The molecule has 0 amide bonds. The second-order valence-electron chi connectivity index (χ2n) is 4.18. The van der Waals surface area contributed by atoms with E-state index in [1.165, 1.54) is 43.5 Å². The summed E-state index contributed by atoms with van der Waals surface area (Å²) in [7, 11) is 1.35. The molecule has 0 atom stereocenters. The topological polar surface area (TPSA) is 61.6 Å². The first kappa shape index (κ1) is 15.6. The normalized spacial score (nSPS) is 11.1. The summed E-state index contributed by atoms with van der Waals surface area (Å²) in [6, 6.07) is 9.01. The van der Waals surface area contributed by atoms with Crippen LogP contribution in [-0.4, -0.2) is 18.4 Å². The second-order valence-corrected chi connectivity index (χ2v) is 4.18. The van der Waals surface area contributed by atoms with E-state index in [9.17, 15) is 23.3 Å². The quantitative estimate of drug-likeness (QED) is 0.628. The summed E-state index contributed by atoms with van der Waals surface area (Å²) in [5.74, 6) is -0.242. The van der Waals surface area contributed by atoms with Crippen molar-refractivity contribution in [2.24, 2.45) is 0 Å². The number of benzene rings is 2. The molecule has 0 spiro atoms. The number of methoxy groups -OCH3 is 1. The largest absolute Gasteiger partial charge is 0.573 e. The van der Waals surface area contributed by atoms with Crippen molar-refractivity contribution in [3.8, 4) is 22.6 Å². The minimum absolute atomic E-state index is 0.0239. The molecule has 8 heteroatoms. The third-order valence-corrected chi connectivity index (χ3v) is 2.80. The van der Waals surface area contributed by atoms with Crippen LogP contribution in [0.4, 0.5) is 18.9 Å². The fraction of sp³-hybridized carbons (Fsp3) is 0.143. The maximum atomic E-state index is 12.5. The van der Waals surface area contributed by atoms with Gasteiger partial charge in [0.1, 0.15) is 11.5 Å². The minimum Gasteiger partial charge on any atom is -0.497 e. The second kappa shape index (κ2) is 5.92. The van der Waals surface area contributed by atoms with Crippen LogP contribution in [-0.2, 0) is 0 Å². The van der Waals surface area contributed by atoms with Gasteiger partial charge in [0.15, 0.2) is 0 Å². The summed E-state index contributed by atoms with van der Waals surface area (Å²) in [4.78, 5) is 10.4. The predicted octanol–water partition coefficient (Wildman–Crippen LogP) is 4.17. The number of ether oxygens (including phenoxy) is 2. The van der Waals surface area contributed by atoms with E-state index in [-0.39, 0.29) is 22.6 Å². The van der Waals surface area contributed by atoms with E-state index in [4.69, 9.17) is 4.74 Å². The van der Waals surface area contributed by atoms with Gasteiger partial charge in [0.2, 0.25) is 0 Å². The van der Waals surface area contributed by atoms with Crippen molar-refractivity contribution in [3.63, 3.8) is 0 Å². The van der Waals surface area contributed by atoms with E-state index >= 15 is 0 Å². The highest BCUT2D eigenvalue weighted by Gasteiger charge is 2.33. The lowest BCUT2D eigenvalue weighted by Crippen LogP contribution is -2.17. The van der Waals surface area contributed by atoms with Crippen molar-refractivity contribution in [2.75, 3.05) is 7.11 Å². The van der Waals surface area contributed by atoms with Crippen molar-refractivity contribution < 1.29 is 27.6 Å². The Morgan fingerprint density at radius 2 is 1.77 bits per heavy atom. The number of hydrogen-bond acceptors (Lipinski definition) is 4. The molecule has 116 valence electrons. The summed E-state index contributed by atoms with van der Waals surface area (Å²) in [6.07, 6.45) is -4.90. The van der Waals surface area contributed by atoms with Gasteiger partial charge in [-0.1, -0.05) is 18.2 Å². The van der Waals surface area contributed by atoms with E-state index in [2.05, 4.69) is 4.74 Å². The Balaban J connectivity index is 2.63. The van der Waals surface area contributed by atoms with Crippen LogP contribution < -0.4 is 9.47 Å². The average Bonchev–Trinajstić information content (AvgIpc) is 2.45. The number of para-hydroxylation sites is 1. The Labute approximate surface area is 123 Å². The Morgan fingerprint density at radius 1 is 1.09 bits per heavy atom. The highest BCUT2D eigenvalue weighted by molar-refractivity contribution is 5.79. The van der Waals surface area contributed by atoms with Crippen molar-refractivity contribution in [1.29, 1.82) is 0 Å². The monoisotopic (exact) mass is 313 g/mol. The van der Waals surface area contributed by atoms with E-state index in [1.54, 1.807) is 0 Å². The molecule has 0 aliphatic rings. The molecule has 0 aliphatic carbocycles. The van der Waals surface area contributed by atoms with E-state index in [0.717, 1.165) is 6.07 Å². The maximum absolute atomic E-state index is 12.5. The SMILES string of the molecule is COc1ccc([N+](=O)[O-])c(-c2ccccc2OC(F)(F)F)c1. The van der Waals surface area contributed by atoms with Crippen LogP contribution in [0.5, 0.6) is 11.5 Å². The van der Waals surface area contributed by atoms with Crippen LogP contribution in [0.3, 0.4) is 0 Å². The molecule has 0 N–H and O–H groups in total. The molecule has 0 aliphatic heterocycles. The van der Waals surface area contributed by atoms with Crippen molar-refractivity contribution in [2.45, 2.75) is 6.36 Å². The zero-order valence-corrected chi connectivity index (χ0v) is 11.3. The number of hydrogen-bond donors (Lipinski definition) is 0. The fourth-order valence-corrected chi connectivity index (χ4v) is 1.92. The Bertz CT molecular complexity index is 701. The van der Waals surface area contributed by atoms with Gasteiger partial charge in [0, 0.05) is 11.6 Å². The molecule has 0 radical (unpaired) electrons. The van der Waals surface area contributed by atoms with Gasteiger partial charge < -0.3 is 9.47 Å². The molecule has 0 fully saturated rings. The average molecular weight is 313 g/mol. The first-order valence-corrected chi connectivity index (χ1v) is 5.99. The molecule has 5 nitrogen and oxygen atoms in total. The van der Waals surface area contributed by atoms with Gasteiger partial charge in [-0.2, -0.15) is 0 Å². The zero-order valence-electron chi connectivity index (χ0n) is 11.3. The molecular weight excluding hydrogens is 303 g/mol. The number of nitrogens with zero attached hydrogens (tertiary/aromatic N) is 1. The minimum atomic E-state index is -4.90. The van der Waals surface area contributed by atoms with Crippen molar-refractivity contribution >= 4 is 5.69 Å². The highest BCUT2D eigenvalue weighted by Crippen LogP contribution is 2.39. The first-order chi connectivity index (χ1) is 10.3. The number of rotatable bonds is 4. The van der Waals surface area contributed by atoms with E-state index in [0.29, 0.717) is 0 Å². The summed E-state index contributed by atoms with van der Waals surface area (Å²) >= 11 is 0. The van der Waals surface area contributed by atoms with Gasteiger partial charge in [0.05, 0.1) is 17.6 Å². The van der Waals surface area contributed by atoms with Crippen molar-refractivity contribution in [3.05, 3.63) is 52.6 Å².